The van der Waals surface area contributed by atoms with E-state index >= 15 is 0 Å². The molecule has 146 valence electrons. The van der Waals surface area contributed by atoms with Crippen LogP contribution < -0.4 is 10.2 Å². The van der Waals surface area contributed by atoms with Gasteiger partial charge < -0.3 is 5.32 Å². The van der Waals surface area contributed by atoms with Gasteiger partial charge in [0.1, 0.15) is 5.70 Å². The van der Waals surface area contributed by atoms with Gasteiger partial charge in [-0.15, -0.1) is 11.3 Å². The second-order valence-corrected chi connectivity index (χ2v) is 8.43. The van der Waals surface area contributed by atoms with E-state index in [2.05, 4.69) is 5.32 Å². The summed E-state index contributed by atoms with van der Waals surface area (Å²) in [7, 11) is 0. The quantitative estimate of drug-likeness (QED) is 0.547. The minimum Gasteiger partial charge on any atom is -0.350 e. The van der Waals surface area contributed by atoms with Gasteiger partial charge in [0.25, 0.3) is 11.8 Å². The predicted molar refractivity (Wildman–Crippen MR) is 119 cm³/mol. The van der Waals surface area contributed by atoms with E-state index in [1.54, 1.807) is 18.2 Å². The fraction of sp³-hybridized carbons (Fsp3) is 0.130. The van der Waals surface area contributed by atoms with Crippen molar-refractivity contribution >= 4 is 51.7 Å². The molecule has 3 aromatic rings. The number of halogens is 1. The molecule has 0 saturated carbocycles. The molecule has 0 atom stereocenters. The lowest BCUT2D eigenvalue weighted by Crippen LogP contribution is -2.33. The molecule has 6 heteroatoms. The number of aryl methyl sites for hydroxylation is 3. The van der Waals surface area contributed by atoms with Crippen LogP contribution in [0.2, 0.25) is 5.02 Å². The number of imide groups is 1. The van der Waals surface area contributed by atoms with E-state index in [0.29, 0.717) is 16.3 Å². The largest absolute Gasteiger partial charge is 0.350 e. The van der Waals surface area contributed by atoms with Crippen LogP contribution in [0.1, 0.15) is 21.6 Å². The Hall–Kier alpha value is -2.89. The van der Waals surface area contributed by atoms with E-state index in [0.717, 1.165) is 27.3 Å². The van der Waals surface area contributed by atoms with E-state index in [1.807, 2.05) is 56.5 Å². The van der Waals surface area contributed by atoms with Crippen molar-refractivity contribution < 1.29 is 9.59 Å². The first-order valence-electron chi connectivity index (χ1n) is 9.14. The van der Waals surface area contributed by atoms with Gasteiger partial charge in [-0.05, 0) is 67.1 Å². The Balaban J connectivity index is 1.85. The second-order valence-electron chi connectivity index (χ2n) is 7.05. The molecule has 1 aliphatic heterocycles. The molecular weight excluding hydrogens is 404 g/mol. The van der Waals surface area contributed by atoms with Crippen molar-refractivity contribution in [2.24, 2.45) is 0 Å². The number of carbonyl (C=O) groups is 2. The fourth-order valence-corrected chi connectivity index (χ4v) is 4.28. The zero-order chi connectivity index (χ0) is 20.7. The molecule has 4 rings (SSSR count). The summed E-state index contributed by atoms with van der Waals surface area (Å²) in [6.45, 7) is 5.81. The van der Waals surface area contributed by atoms with Crippen LogP contribution in [0, 0.1) is 20.8 Å². The molecule has 0 bridgehead atoms. The van der Waals surface area contributed by atoms with Crippen molar-refractivity contribution in [3.8, 4) is 0 Å². The first-order chi connectivity index (χ1) is 13.9. The van der Waals surface area contributed by atoms with Crippen LogP contribution in [0.3, 0.4) is 0 Å². The van der Waals surface area contributed by atoms with E-state index in [4.69, 9.17) is 11.6 Å². The summed E-state index contributed by atoms with van der Waals surface area (Å²) in [6.07, 6.45) is 0. The number of rotatable bonds is 4. The SMILES string of the molecule is Cc1ccc(C)c(NC2=C(c3cccs3)C(=O)N(c3cc(Cl)ccc3C)C2=O)c1. The van der Waals surface area contributed by atoms with Crippen LogP contribution in [0.25, 0.3) is 5.57 Å². The van der Waals surface area contributed by atoms with Gasteiger partial charge >= 0.3 is 0 Å². The predicted octanol–water partition coefficient (Wildman–Crippen LogP) is 5.72. The number of thiophene rings is 1. The molecular formula is C23H19ClN2O2S. The van der Waals surface area contributed by atoms with E-state index < -0.39 is 0 Å². The van der Waals surface area contributed by atoms with Gasteiger partial charge in [0.2, 0.25) is 0 Å². The lowest BCUT2D eigenvalue weighted by Gasteiger charge is -2.18. The number of nitrogens with one attached hydrogen (secondary N) is 1. The van der Waals surface area contributed by atoms with Crippen LogP contribution in [0.4, 0.5) is 11.4 Å². The molecule has 1 aliphatic rings. The highest BCUT2D eigenvalue weighted by molar-refractivity contribution is 7.11. The third-order valence-electron chi connectivity index (χ3n) is 4.92. The summed E-state index contributed by atoms with van der Waals surface area (Å²) in [4.78, 5) is 28.8. The first-order valence-corrected chi connectivity index (χ1v) is 10.4. The van der Waals surface area contributed by atoms with Gasteiger partial charge in [-0.1, -0.05) is 35.9 Å². The van der Waals surface area contributed by atoms with Crippen molar-refractivity contribution in [3.05, 3.63) is 86.2 Å². The number of amides is 2. The van der Waals surface area contributed by atoms with E-state index in [1.165, 1.54) is 16.2 Å². The Morgan fingerprint density at radius 1 is 0.931 bits per heavy atom. The zero-order valence-electron chi connectivity index (χ0n) is 16.2. The second kappa shape index (κ2) is 7.50. The maximum absolute atomic E-state index is 13.4. The highest BCUT2D eigenvalue weighted by atomic mass is 35.5. The van der Waals surface area contributed by atoms with E-state index in [9.17, 15) is 9.59 Å². The molecule has 0 aliphatic carbocycles. The average molecular weight is 423 g/mol. The highest BCUT2D eigenvalue weighted by Gasteiger charge is 2.41. The third kappa shape index (κ3) is 3.48. The molecule has 0 unspecified atom stereocenters. The molecule has 0 fully saturated rings. The summed E-state index contributed by atoms with van der Waals surface area (Å²) >= 11 is 7.58. The van der Waals surface area contributed by atoms with Gasteiger partial charge in [-0.25, -0.2) is 4.90 Å². The maximum Gasteiger partial charge on any atom is 0.282 e. The Morgan fingerprint density at radius 2 is 1.69 bits per heavy atom. The molecule has 29 heavy (non-hydrogen) atoms. The van der Waals surface area contributed by atoms with Crippen LogP contribution >= 0.6 is 22.9 Å². The molecule has 2 heterocycles. The number of anilines is 2. The Morgan fingerprint density at radius 3 is 2.41 bits per heavy atom. The zero-order valence-corrected chi connectivity index (χ0v) is 17.8. The van der Waals surface area contributed by atoms with Crippen LogP contribution in [0.15, 0.2) is 59.6 Å². The van der Waals surface area contributed by atoms with Gasteiger partial charge in [0.05, 0.1) is 11.3 Å². The fourth-order valence-electron chi connectivity index (χ4n) is 3.34. The van der Waals surface area contributed by atoms with Gasteiger partial charge in [0.15, 0.2) is 0 Å². The molecule has 2 amide bonds. The van der Waals surface area contributed by atoms with Crippen molar-refractivity contribution in [2.45, 2.75) is 20.8 Å². The molecule has 0 spiro atoms. The molecule has 0 radical (unpaired) electrons. The lowest BCUT2D eigenvalue weighted by atomic mass is 10.1. The standard InChI is InChI=1S/C23H19ClN2O2S/c1-13-6-7-14(2)17(11-13)25-21-20(19-5-4-10-29-19)22(27)26(23(21)28)18-12-16(24)9-8-15(18)3/h4-12,25H,1-3H3. The number of hydrogen-bond donors (Lipinski definition) is 1. The molecule has 4 nitrogen and oxygen atoms in total. The smallest absolute Gasteiger partial charge is 0.282 e. The topological polar surface area (TPSA) is 49.4 Å². The van der Waals surface area contributed by atoms with Gasteiger partial charge in [0, 0.05) is 15.6 Å². The number of hydrogen-bond acceptors (Lipinski definition) is 4. The van der Waals surface area contributed by atoms with Crippen molar-refractivity contribution in [2.75, 3.05) is 10.2 Å². The van der Waals surface area contributed by atoms with Crippen molar-refractivity contribution in [1.29, 1.82) is 0 Å². The van der Waals surface area contributed by atoms with Crippen molar-refractivity contribution in [3.63, 3.8) is 0 Å². The Kier molecular flexibility index (Phi) is 5.03. The normalized spacial score (nSPS) is 14.1. The number of carbonyl (C=O) groups excluding carboxylic acids is 2. The average Bonchev–Trinajstić information content (AvgIpc) is 3.28. The third-order valence-corrected chi connectivity index (χ3v) is 6.04. The summed E-state index contributed by atoms with van der Waals surface area (Å²) in [6, 6.07) is 14.9. The molecule has 1 N–H and O–H groups in total. The Labute approximate surface area is 178 Å². The van der Waals surface area contributed by atoms with Gasteiger partial charge in [-0.3, -0.25) is 9.59 Å². The minimum absolute atomic E-state index is 0.283. The minimum atomic E-state index is -0.385. The summed E-state index contributed by atoms with van der Waals surface area (Å²) < 4.78 is 0. The highest BCUT2D eigenvalue weighted by Crippen LogP contribution is 2.37. The summed E-state index contributed by atoms with van der Waals surface area (Å²) in [5, 5.41) is 5.61. The molecule has 1 aromatic heterocycles. The van der Waals surface area contributed by atoms with Gasteiger partial charge in [-0.2, -0.15) is 0 Å². The Bertz CT molecular complexity index is 1170. The monoisotopic (exact) mass is 422 g/mol. The van der Waals surface area contributed by atoms with Crippen molar-refractivity contribution in [1.82, 2.24) is 0 Å². The van der Waals surface area contributed by atoms with Crippen LogP contribution in [-0.4, -0.2) is 11.8 Å². The maximum atomic E-state index is 13.4. The first kappa shape index (κ1) is 19.4. The summed E-state index contributed by atoms with van der Waals surface area (Å²) in [5.74, 6) is -0.736. The molecule has 2 aromatic carbocycles. The van der Waals surface area contributed by atoms with Crippen LogP contribution in [-0.2, 0) is 9.59 Å². The van der Waals surface area contributed by atoms with Crippen LogP contribution in [0.5, 0.6) is 0 Å². The number of benzene rings is 2. The summed E-state index contributed by atoms with van der Waals surface area (Å²) in [5.41, 5.74) is 4.83. The van der Waals surface area contributed by atoms with E-state index in [-0.39, 0.29) is 17.5 Å². The molecule has 0 saturated heterocycles. The number of nitrogens with zero attached hydrogens (tertiary/aromatic N) is 1. The lowest BCUT2D eigenvalue weighted by molar-refractivity contribution is -0.120.